The van der Waals surface area contributed by atoms with Crippen LogP contribution in [0.5, 0.6) is 5.75 Å². The number of phenols is 1. The van der Waals surface area contributed by atoms with Gasteiger partial charge >= 0.3 is 0 Å². The van der Waals surface area contributed by atoms with Crippen LogP contribution in [0.25, 0.3) is 0 Å². The van der Waals surface area contributed by atoms with Gasteiger partial charge in [0.1, 0.15) is 13.8 Å². The van der Waals surface area contributed by atoms with Crippen LogP contribution < -0.4 is 5.19 Å². The van der Waals surface area contributed by atoms with Crippen molar-refractivity contribution in [3.8, 4) is 17.2 Å². The molecule has 0 amide bonds. The van der Waals surface area contributed by atoms with Gasteiger partial charge in [0.05, 0.1) is 13.0 Å². The van der Waals surface area contributed by atoms with Crippen molar-refractivity contribution in [3.05, 3.63) is 52.6 Å². The van der Waals surface area contributed by atoms with Gasteiger partial charge in [0, 0.05) is 24.2 Å². The molecule has 0 aliphatic carbocycles. The Labute approximate surface area is 183 Å². The normalized spacial score (nSPS) is 14.9. The molecule has 1 N–H and O–H groups in total. The zero-order chi connectivity index (χ0) is 22.5. The van der Waals surface area contributed by atoms with Crippen LogP contribution in [0.15, 0.2) is 35.2 Å². The molecule has 0 saturated heterocycles. The second-order valence-corrected chi connectivity index (χ2v) is 21.8. The Hall–Kier alpha value is -1.86. The highest BCUT2D eigenvalue weighted by atomic mass is 32.2. The molecule has 0 atom stereocenters. The third-order valence-corrected chi connectivity index (χ3v) is 9.92. The molecule has 0 aromatic heterocycles. The summed E-state index contributed by atoms with van der Waals surface area (Å²) in [6.45, 7) is 15.6. The fraction of sp³-hybridized carbons (Fsp3) is 0.391. The monoisotopic (exact) mass is 457 g/mol. The van der Waals surface area contributed by atoms with Crippen molar-refractivity contribution in [2.75, 3.05) is 0 Å². The molecule has 4 nitrogen and oxygen atoms in total. The lowest BCUT2D eigenvalue weighted by Gasteiger charge is -2.22. The first-order valence-electron chi connectivity index (χ1n) is 10.2. The van der Waals surface area contributed by atoms with Crippen molar-refractivity contribution < 1.29 is 13.5 Å². The van der Waals surface area contributed by atoms with Gasteiger partial charge in [-0.2, -0.15) is 4.31 Å². The quantitative estimate of drug-likeness (QED) is 0.556. The molecule has 0 fully saturated rings. The minimum Gasteiger partial charge on any atom is -0.508 e. The molecule has 0 spiro atoms. The molecule has 7 heteroatoms. The van der Waals surface area contributed by atoms with Crippen LogP contribution in [-0.4, -0.2) is 34.0 Å². The third-order valence-electron chi connectivity index (χ3n) is 5.22. The number of hydrogen-bond acceptors (Lipinski definition) is 3. The lowest BCUT2D eigenvalue weighted by molar-refractivity contribution is 0.422. The molecule has 30 heavy (non-hydrogen) atoms. The van der Waals surface area contributed by atoms with Crippen molar-refractivity contribution >= 4 is 31.4 Å². The standard InChI is InChI=1S/C23H31NO3SSi2/c1-17-8-10-18(11-9-17)28(26,27)24-15-20-19(12-13-29(2,3)4)23(30(5,6)7)14-22(25)21(20)16-24/h8-11,14,25H,15-16H2,1-7H3. The molecule has 1 aliphatic rings. The van der Waals surface area contributed by atoms with E-state index in [0.717, 1.165) is 21.9 Å². The molecular weight excluding hydrogens is 426 g/mol. The van der Waals surface area contributed by atoms with Gasteiger partial charge in [0.2, 0.25) is 10.0 Å². The summed E-state index contributed by atoms with van der Waals surface area (Å²) in [5.74, 6) is 3.60. The molecule has 2 aromatic carbocycles. The van der Waals surface area contributed by atoms with Gasteiger partial charge in [-0.05, 0) is 35.9 Å². The summed E-state index contributed by atoms with van der Waals surface area (Å²) in [5.41, 5.74) is 6.96. The second-order valence-electron chi connectivity index (χ2n) is 10.1. The van der Waals surface area contributed by atoms with Crippen LogP contribution in [0.1, 0.15) is 22.3 Å². The fourth-order valence-electron chi connectivity index (χ4n) is 3.54. The summed E-state index contributed by atoms with van der Waals surface area (Å²) < 4.78 is 28.0. The molecule has 1 heterocycles. The first-order chi connectivity index (χ1) is 13.7. The van der Waals surface area contributed by atoms with Gasteiger partial charge in [0.25, 0.3) is 0 Å². The maximum Gasteiger partial charge on any atom is 0.243 e. The highest BCUT2D eigenvalue weighted by molar-refractivity contribution is 7.89. The van der Waals surface area contributed by atoms with E-state index in [1.165, 1.54) is 4.31 Å². The van der Waals surface area contributed by atoms with Gasteiger partial charge in [-0.3, -0.25) is 0 Å². The molecular formula is C23H31NO3SSi2. The van der Waals surface area contributed by atoms with E-state index in [-0.39, 0.29) is 23.7 Å². The van der Waals surface area contributed by atoms with Crippen molar-refractivity contribution in [2.45, 2.75) is 64.2 Å². The summed E-state index contributed by atoms with van der Waals surface area (Å²) in [4.78, 5) is 0.278. The number of phenolic OH excluding ortho intramolecular Hbond substituents is 1. The third kappa shape index (κ3) is 4.57. The van der Waals surface area contributed by atoms with Crippen LogP contribution in [0.4, 0.5) is 0 Å². The summed E-state index contributed by atoms with van der Waals surface area (Å²) in [6, 6.07) is 8.74. The van der Waals surface area contributed by atoms with Crippen LogP contribution in [0.3, 0.4) is 0 Å². The Balaban J connectivity index is 2.14. The van der Waals surface area contributed by atoms with Gasteiger partial charge in [-0.15, -0.1) is 5.54 Å². The molecule has 0 radical (unpaired) electrons. The largest absolute Gasteiger partial charge is 0.508 e. The van der Waals surface area contributed by atoms with Gasteiger partial charge in [0.15, 0.2) is 0 Å². The Morgan fingerprint density at radius 2 is 1.53 bits per heavy atom. The summed E-state index contributed by atoms with van der Waals surface area (Å²) >= 11 is 0. The fourth-order valence-corrected chi connectivity index (χ4v) is 6.95. The predicted molar refractivity (Wildman–Crippen MR) is 129 cm³/mol. The summed E-state index contributed by atoms with van der Waals surface area (Å²) in [7, 11) is -7.08. The summed E-state index contributed by atoms with van der Waals surface area (Å²) in [6.07, 6.45) is 0. The number of hydrogen-bond donors (Lipinski definition) is 1. The topological polar surface area (TPSA) is 57.6 Å². The maximum atomic E-state index is 13.3. The van der Waals surface area contributed by atoms with E-state index in [4.69, 9.17) is 0 Å². The molecule has 0 bridgehead atoms. The number of aryl methyl sites for hydroxylation is 1. The van der Waals surface area contributed by atoms with Crippen LogP contribution in [0, 0.1) is 18.4 Å². The van der Waals surface area contributed by atoms with Gasteiger partial charge in [-0.1, -0.05) is 62.9 Å². The molecule has 2 aromatic rings. The number of sulfonamides is 1. The first kappa shape index (κ1) is 22.8. The number of fused-ring (bicyclic) bond motifs is 1. The highest BCUT2D eigenvalue weighted by Gasteiger charge is 2.36. The molecule has 0 unspecified atom stereocenters. The van der Waals surface area contributed by atoms with Crippen molar-refractivity contribution in [2.24, 2.45) is 0 Å². The van der Waals surface area contributed by atoms with Crippen molar-refractivity contribution in [1.82, 2.24) is 4.31 Å². The summed E-state index contributed by atoms with van der Waals surface area (Å²) in [5, 5.41) is 11.9. The highest BCUT2D eigenvalue weighted by Crippen LogP contribution is 2.36. The number of rotatable bonds is 3. The minimum atomic E-state index is -3.65. The van der Waals surface area contributed by atoms with E-state index in [1.807, 2.05) is 25.1 Å². The van der Waals surface area contributed by atoms with Gasteiger partial charge < -0.3 is 5.11 Å². The lowest BCUT2D eigenvalue weighted by atomic mass is 10.0. The van der Waals surface area contributed by atoms with E-state index in [0.29, 0.717) is 5.56 Å². The average molecular weight is 458 g/mol. The van der Waals surface area contributed by atoms with Crippen LogP contribution in [-0.2, 0) is 23.1 Å². The first-order valence-corrected chi connectivity index (χ1v) is 18.6. The molecule has 1 aliphatic heterocycles. The van der Waals surface area contributed by atoms with E-state index in [2.05, 4.69) is 50.7 Å². The Morgan fingerprint density at radius 3 is 2.07 bits per heavy atom. The maximum absolute atomic E-state index is 13.3. The van der Waals surface area contributed by atoms with E-state index >= 15 is 0 Å². The zero-order valence-corrected chi connectivity index (χ0v) is 21.7. The minimum absolute atomic E-state index is 0.172. The van der Waals surface area contributed by atoms with Crippen LogP contribution in [0.2, 0.25) is 39.3 Å². The van der Waals surface area contributed by atoms with Gasteiger partial charge in [-0.25, -0.2) is 8.42 Å². The number of aromatic hydroxyl groups is 1. The van der Waals surface area contributed by atoms with Crippen LogP contribution >= 0.6 is 0 Å². The molecule has 3 rings (SSSR count). The average Bonchev–Trinajstić information content (AvgIpc) is 3.06. The molecule has 160 valence electrons. The van der Waals surface area contributed by atoms with E-state index in [1.54, 1.807) is 12.1 Å². The molecule has 0 saturated carbocycles. The Morgan fingerprint density at radius 1 is 0.967 bits per heavy atom. The zero-order valence-electron chi connectivity index (χ0n) is 18.9. The Kier molecular flexibility index (Phi) is 5.84. The van der Waals surface area contributed by atoms with E-state index in [9.17, 15) is 13.5 Å². The van der Waals surface area contributed by atoms with Crippen molar-refractivity contribution in [3.63, 3.8) is 0 Å². The second kappa shape index (κ2) is 7.68. The number of benzene rings is 2. The smallest absolute Gasteiger partial charge is 0.243 e. The number of nitrogens with zero attached hydrogens (tertiary/aromatic N) is 1. The SMILES string of the molecule is Cc1ccc(S(=O)(=O)N2Cc3c(O)cc([Si](C)(C)C)c(C#C[Si](C)(C)C)c3C2)cc1. The Bertz CT molecular complexity index is 1150. The lowest BCUT2D eigenvalue weighted by Crippen LogP contribution is -2.40. The van der Waals surface area contributed by atoms with E-state index < -0.39 is 26.2 Å². The predicted octanol–water partition coefficient (Wildman–Crippen LogP) is 4.18. The van der Waals surface area contributed by atoms with Crippen molar-refractivity contribution in [1.29, 1.82) is 0 Å².